The summed E-state index contributed by atoms with van der Waals surface area (Å²) in [5.41, 5.74) is 0.906. The molecule has 0 atom stereocenters. The number of amides is 1. The molecule has 0 aliphatic carbocycles. The van der Waals surface area contributed by atoms with Crippen molar-refractivity contribution in [2.45, 2.75) is 19.4 Å². The summed E-state index contributed by atoms with van der Waals surface area (Å²) in [5.74, 6) is -0.521. The quantitative estimate of drug-likeness (QED) is 0.686. The molecule has 1 heterocycles. The second-order valence-corrected chi connectivity index (χ2v) is 6.74. The predicted octanol–water partition coefficient (Wildman–Crippen LogP) is 2.03. The molecular formula is C21H26N2O5. The minimum atomic E-state index is -0.979. The van der Waals surface area contributed by atoms with E-state index in [1.165, 1.54) is 0 Å². The number of ether oxygens (including phenoxy) is 2. The van der Waals surface area contributed by atoms with Crippen LogP contribution in [0.4, 0.5) is 0 Å². The van der Waals surface area contributed by atoms with Gasteiger partial charge in [-0.05, 0) is 16.8 Å². The van der Waals surface area contributed by atoms with Crippen molar-refractivity contribution in [1.29, 1.82) is 0 Å². The first-order chi connectivity index (χ1) is 13.6. The average molecular weight is 386 g/mol. The molecule has 1 aliphatic rings. The standard InChI is InChI=1S/C21H26N2O5/c24-20(7-8-21(25)26)22-15-18-17-4-2-1-3-16(17)5-6-19(18)28-14-11-23-9-12-27-13-10-23/h1-6H,7-15H2,(H,22,24)(H,25,26). The number of carbonyl (C=O) groups is 2. The molecule has 1 saturated heterocycles. The van der Waals surface area contributed by atoms with E-state index in [-0.39, 0.29) is 18.7 Å². The van der Waals surface area contributed by atoms with Crippen molar-refractivity contribution in [2.75, 3.05) is 39.5 Å². The molecule has 2 N–H and O–H groups in total. The van der Waals surface area contributed by atoms with Crippen LogP contribution in [0.15, 0.2) is 36.4 Å². The van der Waals surface area contributed by atoms with E-state index in [4.69, 9.17) is 14.6 Å². The molecule has 1 aliphatic heterocycles. The van der Waals surface area contributed by atoms with Gasteiger partial charge in [-0.25, -0.2) is 0 Å². The summed E-state index contributed by atoms with van der Waals surface area (Å²) in [5, 5.41) is 13.6. The van der Waals surface area contributed by atoms with E-state index in [0.717, 1.165) is 54.9 Å². The molecule has 2 aromatic carbocycles. The predicted molar refractivity (Wildman–Crippen MR) is 105 cm³/mol. The van der Waals surface area contributed by atoms with Crippen LogP contribution in [0.1, 0.15) is 18.4 Å². The zero-order valence-corrected chi connectivity index (χ0v) is 15.9. The molecule has 7 nitrogen and oxygen atoms in total. The van der Waals surface area contributed by atoms with Gasteiger partial charge in [0.25, 0.3) is 0 Å². The lowest BCUT2D eigenvalue weighted by atomic mass is 10.0. The molecule has 2 aromatic rings. The summed E-state index contributed by atoms with van der Waals surface area (Å²) in [7, 11) is 0. The van der Waals surface area contributed by atoms with E-state index < -0.39 is 5.97 Å². The first-order valence-electron chi connectivity index (χ1n) is 9.55. The Morgan fingerprint density at radius 1 is 1.11 bits per heavy atom. The summed E-state index contributed by atoms with van der Waals surface area (Å²) in [4.78, 5) is 24.9. The summed E-state index contributed by atoms with van der Waals surface area (Å²) < 4.78 is 11.4. The van der Waals surface area contributed by atoms with E-state index in [0.29, 0.717) is 13.2 Å². The van der Waals surface area contributed by atoms with Gasteiger partial charge in [0.1, 0.15) is 12.4 Å². The Morgan fingerprint density at radius 2 is 1.89 bits per heavy atom. The maximum absolute atomic E-state index is 12.0. The zero-order valence-electron chi connectivity index (χ0n) is 15.9. The number of hydrogen-bond acceptors (Lipinski definition) is 5. The minimum Gasteiger partial charge on any atom is -0.492 e. The average Bonchev–Trinajstić information content (AvgIpc) is 2.72. The Morgan fingerprint density at radius 3 is 2.68 bits per heavy atom. The van der Waals surface area contributed by atoms with Crippen LogP contribution in [0.5, 0.6) is 5.75 Å². The zero-order chi connectivity index (χ0) is 19.8. The van der Waals surface area contributed by atoms with Gasteiger partial charge in [-0.15, -0.1) is 0 Å². The Hall–Kier alpha value is -2.64. The highest BCUT2D eigenvalue weighted by Crippen LogP contribution is 2.28. The van der Waals surface area contributed by atoms with E-state index in [1.807, 2.05) is 36.4 Å². The lowest BCUT2D eigenvalue weighted by Crippen LogP contribution is -2.38. The first kappa shape index (κ1) is 20.1. The maximum Gasteiger partial charge on any atom is 0.303 e. The molecule has 0 aromatic heterocycles. The van der Waals surface area contributed by atoms with Gasteiger partial charge in [-0.1, -0.05) is 30.3 Å². The summed E-state index contributed by atoms with van der Waals surface area (Å²) >= 11 is 0. The van der Waals surface area contributed by atoms with Crippen molar-refractivity contribution >= 4 is 22.6 Å². The number of morpholine rings is 1. The number of carboxylic acid groups (broad SMARTS) is 1. The Labute approximate surface area is 164 Å². The normalized spacial score (nSPS) is 14.7. The van der Waals surface area contributed by atoms with Gasteiger partial charge < -0.3 is 19.9 Å². The fourth-order valence-corrected chi connectivity index (χ4v) is 3.24. The molecule has 150 valence electrons. The van der Waals surface area contributed by atoms with Crippen LogP contribution in [0, 0.1) is 0 Å². The van der Waals surface area contributed by atoms with E-state index in [9.17, 15) is 9.59 Å². The van der Waals surface area contributed by atoms with Crippen LogP contribution in [-0.4, -0.2) is 61.3 Å². The summed E-state index contributed by atoms with van der Waals surface area (Å²) in [6, 6.07) is 11.9. The molecule has 7 heteroatoms. The number of carboxylic acids is 1. The van der Waals surface area contributed by atoms with Crippen molar-refractivity contribution in [2.24, 2.45) is 0 Å². The fraction of sp³-hybridized carbons (Fsp3) is 0.429. The molecule has 0 unspecified atom stereocenters. The number of aliphatic carboxylic acids is 1. The lowest BCUT2D eigenvalue weighted by molar-refractivity contribution is -0.138. The van der Waals surface area contributed by atoms with Crippen molar-refractivity contribution in [3.63, 3.8) is 0 Å². The van der Waals surface area contributed by atoms with Crippen LogP contribution in [0.2, 0.25) is 0 Å². The van der Waals surface area contributed by atoms with Crippen molar-refractivity contribution in [3.8, 4) is 5.75 Å². The SMILES string of the molecule is O=C(O)CCC(=O)NCc1c(OCCN2CCOCC2)ccc2ccccc12. The van der Waals surface area contributed by atoms with Crippen molar-refractivity contribution < 1.29 is 24.2 Å². The third kappa shape index (κ3) is 5.68. The van der Waals surface area contributed by atoms with Gasteiger partial charge in [0.2, 0.25) is 5.91 Å². The van der Waals surface area contributed by atoms with Crippen LogP contribution >= 0.6 is 0 Å². The third-order valence-corrected chi connectivity index (χ3v) is 4.79. The third-order valence-electron chi connectivity index (χ3n) is 4.79. The second kappa shape index (κ2) is 10.1. The second-order valence-electron chi connectivity index (χ2n) is 6.74. The molecule has 0 spiro atoms. The van der Waals surface area contributed by atoms with E-state index >= 15 is 0 Å². The Kier molecular flexibility index (Phi) is 7.22. The van der Waals surface area contributed by atoms with Crippen molar-refractivity contribution in [3.05, 3.63) is 42.0 Å². The van der Waals surface area contributed by atoms with Gasteiger partial charge in [0.15, 0.2) is 0 Å². The highest BCUT2D eigenvalue weighted by atomic mass is 16.5. The van der Waals surface area contributed by atoms with Crippen LogP contribution in [-0.2, 0) is 20.9 Å². The number of rotatable bonds is 9. The van der Waals surface area contributed by atoms with Gasteiger partial charge in [-0.3, -0.25) is 14.5 Å². The van der Waals surface area contributed by atoms with E-state index in [1.54, 1.807) is 0 Å². The molecule has 3 rings (SSSR count). The van der Waals surface area contributed by atoms with Gasteiger partial charge in [0.05, 0.1) is 19.6 Å². The fourth-order valence-electron chi connectivity index (χ4n) is 3.24. The molecule has 1 amide bonds. The number of benzene rings is 2. The molecule has 28 heavy (non-hydrogen) atoms. The first-order valence-corrected chi connectivity index (χ1v) is 9.55. The molecule has 0 radical (unpaired) electrons. The van der Waals surface area contributed by atoms with Crippen molar-refractivity contribution in [1.82, 2.24) is 10.2 Å². The molecule has 0 saturated carbocycles. The van der Waals surface area contributed by atoms with Gasteiger partial charge in [-0.2, -0.15) is 0 Å². The van der Waals surface area contributed by atoms with E-state index in [2.05, 4.69) is 10.2 Å². The number of fused-ring (bicyclic) bond motifs is 1. The number of carbonyl (C=O) groups excluding carboxylic acids is 1. The largest absolute Gasteiger partial charge is 0.492 e. The maximum atomic E-state index is 12.0. The number of nitrogens with zero attached hydrogens (tertiary/aromatic N) is 1. The lowest BCUT2D eigenvalue weighted by Gasteiger charge is -2.26. The van der Waals surface area contributed by atoms with Gasteiger partial charge in [0, 0.05) is 38.2 Å². The summed E-state index contributed by atoms with van der Waals surface area (Å²) in [6.45, 7) is 5.00. The topological polar surface area (TPSA) is 88.1 Å². The molecular weight excluding hydrogens is 360 g/mol. The van der Waals surface area contributed by atoms with Gasteiger partial charge >= 0.3 is 5.97 Å². The molecule has 1 fully saturated rings. The molecule has 0 bridgehead atoms. The number of hydrogen-bond donors (Lipinski definition) is 2. The van der Waals surface area contributed by atoms with Crippen LogP contribution in [0.25, 0.3) is 10.8 Å². The Balaban J connectivity index is 1.67. The number of nitrogens with one attached hydrogen (secondary N) is 1. The minimum absolute atomic E-state index is 0.0344. The van der Waals surface area contributed by atoms with Crippen LogP contribution < -0.4 is 10.1 Å². The monoisotopic (exact) mass is 386 g/mol. The Bertz CT molecular complexity index is 818. The van der Waals surface area contributed by atoms with Crippen LogP contribution in [0.3, 0.4) is 0 Å². The smallest absolute Gasteiger partial charge is 0.303 e. The highest BCUT2D eigenvalue weighted by molar-refractivity contribution is 5.88. The highest BCUT2D eigenvalue weighted by Gasteiger charge is 2.13. The summed E-state index contributed by atoms with van der Waals surface area (Å²) in [6.07, 6.45) is -0.211.